The highest BCUT2D eigenvalue weighted by Crippen LogP contribution is 2.28. The zero-order valence-electron chi connectivity index (χ0n) is 13.4. The number of ether oxygens (including phenoxy) is 1. The Kier molecular flexibility index (Phi) is 5.11. The number of carbonyl (C=O) groups is 2. The molecule has 5 heteroatoms. The first-order valence-corrected chi connectivity index (χ1v) is 8.11. The molecular formula is C19H20N2O3. The minimum absolute atomic E-state index is 0.103. The van der Waals surface area contributed by atoms with Gasteiger partial charge in [-0.2, -0.15) is 0 Å². The molecule has 2 aromatic carbocycles. The van der Waals surface area contributed by atoms with Crippen LogP contribution >= 0.6 is 0 Å². The standard InChI is InChI=1S/C19H20N2O3/c22-18-10-12-24-17-9-8-15(13-16(17)21-18)19(23)20-11-4-7-14-5-2-1-3-6-14/h1-3,5-6,8-9,13H,4,7,10-12H2,(H,20,23)(H,21,22). The Morgan fingerprint density at radius 3 is 2.83 bits per heavy atom. The van der Waals surface area contributed by atoms with Crippen LogP contribution in [0.5, 0.6) is 5.75 Å². The summed E-state index contributed by atoms with van der Waals surface area (Å²) in [6.45, 7) is 0.956. The maximum atomic E-state index is 12.2. The first kappa shape index (κ1) is 16.1. The van der Waals surface area contributed by atoms with E-state index in [1.807, 2.05) is 18.2 Å². The summed E-state index contributed by atoms with van der Waals surface area (Å²) < 4.78 is 5.49. The van der Waals surface area contributed by atoms with Crippen molar-refractivity contribution in [3.05, 3.63) is 59.7 Å². The minimum atomic E-state index is -0.149. The molecule has 5 nitrogen and oxygen atoms in total. The van der Waals surface area contributed by atoms with Crippen LogP contribution in [-0.2, 0) is 11.2 Å². The van der Waals surface area contributed by atoms with Crippen LogP contribution in [0.2, 0.25) is 0 Å². The van der Waals surface area contributed by atoms with E-state index in [2.05, 4.69) is 22.8 Å². The molecule has 2 N–H and O–H groups in total. The molecular weight excluding hydrogens is 304 g/mol. The van der Waals surface area contributed by atoms with Gasteiger partial charge < -0.3 is 15.4 Å². The largest absolute Gasteiger partial charge is 0.491 e. The number of hydrogen-bond acceptors (Lipinski definition) is 3. The molecule has 0 spiro atoms. The fourth-order valence-electron chi connectivity index (χ4n) is 2.60. The van der Waals surface area contributed by atoms with Gasteiger partial charge in [0.2, 0.25) is 5.91 Å². The smallest absolute Gasteiger partial charge is 0.251 e. The van der Waals surface area contributed by atoms with Gasteiger partial charge in [0, 0.05) is 12.1 Å². The van der Waals surface area contributed by atoms with E-state index in [1.54, 1.807) is 18.2 Å². The number of anilines is 1. The van der Waals surface area contributed by atoms with Crippen LogP contribution in [0.4, 0.5) is 5.69 Å². The van der Waals surface area contributed by atoms with Gasteiger partial charge >= 0.3 is 0 Å². The SMILES string of the molecule is O=C1CCOc2ccc(C(=O)NCCCc3ccccc3)cc2N1. The summed E-state index contributed by atoms with van der Waals surface area (Å²) >= 11 is 0. The third-order valence-electron chi connectivity index (χ3n) is 3.87. The quantitative estimate of drug-likeness (QED) is 0.831. The zero-order valence-corrected chi connectivity index (χ0v) is 13.4. The molecule has 0 saturated heterocycles. The summed E-state index contributed by atoms with van der Waals surface area (Å²) in [5, 5.41) is 5.67. The lowest BCUT2D eigenvalue weighted by Gasteiger charge is -2.10. The van der Waals surface area contributed by atoms with Crippen molar-refractivity contribution in [3.63, 3.8) is 0 Å². The molecule has 0 saturated carbocycles. The number of benzene rings is 2. The Hall–Kier alpha value is -2.82. The second-order valence-electron chi connectivity index (χ2n) is 5.70. The van der Waals surface area contributed by atoms with E-state index in [1.165, 1.54) is 5.56 Å². The number of fused-ring (bicyclic) bond motifs is 1. The Morgan fingerprint density at radius 1 is 1.17 bits per heavy atom. The highest BCUT2D eigenvalue weighted by atomic mass is 16.5. The van der Waals surface area contributed by atoms with E-state index in [-0.39, 0.29) is 11.8 Å². The van der Waals surface area contributed by atoms with Gasteiger partial charge in [-0.3, -0.25) is 9.59 Å². The van der Waals surface area contributed by atoms with Crippen LogP contribution in [0.25, 0.3) is 0 Å². The maximum Gasteiger partial charge on any atom is 0.251 e. The molecule has 0 bridgehead atoms. The summed E-state index contributed by atoms with van der Waals surface area (Å²) in [5.74, 6) is 0.347. The molecule has 3 rings (SSSR count). The lowest BCUT2D eigenvalue weighted by molar-refractivity contribution is -0.116. The van der Waals surface area contributed by atoms with E-state index >= 15 is 0 Å². The minimum Gasteiger partial charge on any atom is -0.491 e. The van der Waals surface area contributed by atoms with Gasteiger partial charge in [-0.05, 0) is 36.6 Å². The molecule has 2 amide bonds. The Balaban J connectivity index is 1.54. The van der Waals surface area contributed by atoms with E-state index in [0.717, 1.165) is 12.8 Å². The monoisotopic (exact) mass is 324 g/mol. The molecule has 24 heavy (non-hydrogen) atoms. The molecule has 1 aliphatic rings. The normalized spacial score (nSPS) is 13.2. The van der Waals surface area contributed by atoms with Gasteiger partial charge in [0.25, 0.3) is 5.91 Å². The predicted molar refractivity (Wildman–Crippen MR) is 92.3 cm³/mol. The molecule has 124 valence electrons. The van der Waals surface area contributed by atoms with Crippen LogP contribution in [0.1, 0.15) is 28.8 Å². The number of hydrogen-bond donors (Lipinski definition) is 2. The Morgan fingerprint density at radius 2 is 2.00 bits per heavy atom. The summed E-state index contributed by atoms with van der Waals surface area (Å²) in [6, 6.07) is 15.3. The zero-order chi connectivity index (χ0) is 16.8. The van der Waals surface area contributed by atoms with E-state index in [0.29, 0.717) is 36.6 Å². The summed E-state index contributed by atoms with van der Waals surface area (Å²) in [6.07, 6.45) is 2.12. The first-order valence-electron chi connectivity index (χ1n) is 8.11. The molecule has 0 aromatic heterocycles. The molecule has 2 aromatic rings. The topological polar surface area (TPSA) is 67.4 Å². The molecule has 0 unspecified atom stereocenters. The Labute approximate surface area is 141 Å². The van der Waals surface area contributed by atoms with Gasteiger partial charge in [0.15, 0.2) is 0 Å². The molecule has 0 fully saturated rings. The average molecular weight is 324 g/mol. The maximum absolute atomic E-state index is 12.2. The van der Waals surface area contributed by atoms with Gasteiger partial charge in [0.05, 0.1) is 18.7 Å². The number of amides is 2. The molecule has 0 aliphatic carbocycles. The summed E-state index contributed by atoms with van der Waals surface area (Å²) in [5.41, 5.74) is 2.32. The van der Waals surface area contributed by atoms with Crippen molar-refractivity contribution in [2.24, 2.45) is 0 Å². The van der Waals surface area contributed by atoms with Crippen molar-refractivity contribution >= 4 is 17.5 Å². The fraction of sp³-hybridized carbons (Fsp3) is 0.263. The highest BCUT2D eigenvalue weighted by molar-refractivity contribution is 5.98. The highest BCUT2D eigenvalue weighted by Gasteiger charge is 2.16. The van der Waals surface area contributed by atoms with Crippen LogP contribution in [0, 0.1) is 0 Å². The number of rotatable bonds is 5. The van der Waals surface area contributed by atoms with E-state index in [4.69, 9.17) is 4.74 Å². The number of nitrogens with one attached hydrogen (secondary N) is 2. The third kappa shape index (κ3) is 4.13. The second kappa shape index (κ2) is 7.64. The second-order valence-corrected chi connectivity index (χ2v) is 5.70. The van der Waals surface area contributed by atoms with Crippen molar-refractivity contribution in [2.75, 3.05) is 18.5 Å². The van der Waals surface area contributed by atoms with Gasteiger partial charge in [-0.15, -0.1) is 0 Å². The van der Waals surface area contributed by atoms with Gasteiger partial charge in [-0.25, -0.2) is 0 Å². The summed E-state index contributed by atoms with van der Waals surface area (Å²) in [7, 11) is 0. The van der Waals surface area contributed by atoms with Gasteiger partial charge in [-0.1, -0.05) is 30.3 Å². The van der Waals surface area contributed by atoms with Crippen molar-refractivity contribution in [1.29, 1.82) is 0 Å². The molecule has 1 heterocycles. The average Bonchev–Trinajstić information content (AvgIpc) is 2.79. The van der Waals surface area contributed by atoms with Crippen LogP contribution in [-0.4, -0.2) is 25.0 Å². The van der Waals surface area contributed by atoms with Crippen LogP contribution < -0.4 is 15.4 Å². The predicted octanol–water partition coefficient (Wildman–Crippen LogP) is 2.77. The number of carbonyl (C=O) groups excluding carboxylic acids is 2. The summed E-state index contributed by atoms with van der Waals surface area (Å²) in [4.78, 5) is 23.8. The van der Waals surface area contributed by atoms with Gasteiger partial charge in [0.1, 0.15) is 5.75 Å². The molecule has 1 aliphatic heterocycles. The fourth-order valence-corrected chi connectivity index (χ4v) is 2.60. The Bertz CT molecular complexity index is 729. The van der Waals surface area contributed by atoms with Crippen molar-refractivity contribution in [2.45, 2.75) is 19.3 Å². The lowest BCUT2D eigenvalue weighted by Crippen LogP contribution is -2.25. The molecule has 0 radical (unpaired) electrons. The first-order chi connectivity index (χ1) is 11.7. The van der Waals surface area contributed by atoms with Crippen molar-refractivity contribution in [3.8, 4) is 5.75 Å². The van der Waals surface area contributed by atoms with Crippen molar-refractivity contribution < 1.29 is 14.3 Å². The van der Waals surface area contributed by atoms with Crippen LogP contribution in [0.3, 0.4) is 0 Å². The lowest BCUT2D eigenvalue weighted by atomic mass is 10.1. The molecule has 0 atom stereocenters. The van der Waals surface area contributed by atoms with E-state index < -0.39 is 0 Å². The third-order valence-corrected chi connectivity index (χ3v) is 3.87. The van der Waals surface area contributed by atoms with Crippen molar-refractivity contribution in [1.82, 2.24) is 5.32 Å². The number of aryl methyl sites for hydroxylation is 1. The van der Waals surface area contributed by atoms with Crippen LogP contribution in [0.15, 0.2) is 48.5 Å². The van der Waals surface area contributed by atoms with E-state index in [9.17, 15) is 9.59 Å².